The van der Waals surface area contributed by atoms with E-state index in [1.807, 2.05) is 23.6 Å². The van der Waals surface area contributed by atoms with Crippen LogP contribution in [0.15, 0.2) is 52.2 Å². The lowest BCUT2D eigenvalue weighted by molar-refractivity contribution is -0.120. The highest BCUT2D eigenvalue weighted by atomic mass is 32.2. The second kappa shape index (κ2) is 8.62. The Morgan fingerprint density at radius 2 is 1.93 bits per heavy atom. The molecule has 1 amide bonds. The molecular weight excluding hydrogens is 399 g/mol. The van der Waals surface area contributed by atoms with Gasteiger partial charge in [0.15, 0.2) is 11.5 Å². The molecule has 1 N–H and O–H groups in total. The normalized spacial score (nSPS) is 12.2. The Labute approximate surface area is 169 Å². The molecule has 3 aromatic rings. The van der Waals surface area contributed by atoms with Gasteiger partial charge in [-0.3, -0.25) is 4.79 Å². The summed E-state index contributed by atoms with van der Waals surface area (Å²) < 4.78 is 24.4. The number of ether oxygens (including phenoxy) is 2. The lowest BCUT2D eigenvalue weighted by atomic mass is 10.2. The van der Waals surface area contributed by atoms with Crippen molar-refractivity contribution in [3.63, 3.8) is 0 Å². The van der Waals surface area contributed by atoms with E-state index in [4.69, 9.17) is 9.47 Å². The number of carbonyl (C=O) groups excluding carboxylic acids is 1. The van der Waals surface area contributed by atoms with Gasteiger partial charge in [0.2, 0.25) is 12.7 Å². The molecule has 1 aliphatic rings. The molecule has 0 fully saturated rings. The summed E-state index contributed by atoms with van der Waals surface area (Å²) in [5, 5.41) is 4.79. The van der Waals surface area contributed by atoms with E-state index in [-0.39, 0.29) is 24.9 Å². The summed E-state index contributed by atoms with van der Waals surface area (Å²) >= 11 is 3.09. The van der Waals surface area contributed by atoms with Gasteiger partial charge in [0.05, 0.1) is 12.1 Å². The van der Waals surface area contributed by atoms with Gasteiger partial charge in [0, 0.05) is 17.7 Å². The van der Waals surface area contributed by atoms with Crippen molar-refractivity contribution in [3.05, 3.63) is 70.5 Å². The number of amides is 1. The van der Waals surface area contributed by atoms with Gasteiger partial charge in [-0.15, -0.1) is 11.3 Å². The molecule has 8 heteroatoms. The van der Waals surface area contributed by atoms with E-state index >= 15 is 0 Å². The molecule has 1 aromatic heterocycles. The molecule has 0 spiro atoms. The number of halogens is 1. The summed E-state index contributed by atoms with van der Waals surface area (Å²) in [5.41, 5.74) is 2.73. The first-order chi connectivity index (χ1) is 13.7. The SMILES string of the molecule is O=C(Cc1csc(SCc2ccc(F)cc2)n1)NCc1ccc2c(c1)OCO2. The minimum Gasteiger partial charge on any atom is -0.454 e. The van der Waals surface area contributed by atoms with Crippen LogP contribution in [-0.4, -0.2) is 17.7 Å². The molecule has 0 saturated carbocycles. The van der Waals surface area contributed by atoms with Crippen molar-refractivity contribution in [3.8, 4) is 11.5 Å². The molecule has 0 aliphatic carbocycles. The largest absolute Gasteiger partial charge is 0.454 e. The number of carbonyl (C=O) groups is 1. The van der Waals surface area contributed by atoms with E-state index in [9.17, 15) is 9.18 Å². The molecule has 0 radical (unpaired) electrons. The molecule has 1 aliphatic heterocycles. The predicted octanol–water partition coefficient (Wildman–Crippen LogP) is 4.16. The summed E-state index contributed by atoms with van der Waals surface area (Å²) in [6.07, 6.45) is 0.234. The summed E-state index contributed by atoms with van der Waals surface area (Å²) in [6, 6.07) is 12.0. The smallest absolute Gasteiger partial charge is 0.231 e. The maximum atomic E-state index is 12.9. The van der Waals surface area contributed by atoms with Gasteiger partial charge < -0.3 is 14.8 Å². The average molecular weight is 416 g/mol. The number of nitrogens with zero attached hydrogens (tertiary/aromatic N) is 1. The van der Waals surface area contributed by atoms with Crippen molar-refractivity contribution >= 4 is 29.0 Å². The van der Waals surface area contributed by atoms with Crippen LogP contribution in [0.1, 0.15) is 16.8 Å². The van der Waals surface area contributed by atoms with Crippen LogP contribution in [0.3, 0.4) is 0 Å². The first-order valence-corrected chi connectivity index (χ1v) is 10.5. The van der Waals surface area contributed by atoms with Crippen molar-refractivity contribution in [1.82, 2.24) is 10.3 Å². The number of nitrogens with one attached hydrogen (secondary N) is 1. The van der Waals surface area contributed by atoms with Crippen LogP contribution in [0, 0.1) is 5.82 Å². The Morgan fingerprint density at radius 1 is 1.14 bits per heavy atom. The second-order valence-electron chi connectivity index (χ2n) is 6.16. The maximum Gasteiger partial charge on any atom is 0.231 e. The second-order valence-corrected chi connectivity index (χ2v) is 8.24. The first kappa shape index (κ1) is 18.8. The number of fused-ring (bicyclic) bond motifs is 1. The van der Waals surface area contributed by atoms with Crippen LogP contribution in [-0.2, 0) is 23.5 Å². The van der Waals surface area contributed by atoms with E-state index in [1.54, 1.807) is 23.9 Å². The van der Waals surface area contributed by atoms with Gasteiger partial charge in [-0.05, 0) is 35.4 Å². The van der Waals surface area contributed by atoms with Crippen LogP contribution in [0.4, 0.5) is 4.39 Å². The van der Waals surface area contributed by atoms with Crippen LogP contribution in [0.5, 0.6) is 11.5 Å². The van der Waals surface area contributed by atoms with Crippen LogP contribution >= 0.6 is 23.1 Å². The summed E-state index contributed by atoms with van der Waals surface area (Å²) in [5.74, 6) is 1.82. The molecular formula is C20H17FN2O3S2. The summed E-state index contributed by atoms with van der Waals surface area (Å²) in [7, 11) is 0. The number of benzene rings is 2. The summed E-state index contributed by atoms with van der Waals surface area (Å²) in [6.45, 7) is 0.655. The minimum absolute atomic E-state index is 0.0851. The Balaban J connectivity index is 1.25. The highest BCUT2D eigenvalue weighted by molar-refractivity contribution is 8.00. The Kier molecular flexibility index (Phi) is 5.78. The van der Waals surface area contributed by atoms with Crippen LogP contribution in [0.2, 0.25) is 0 Å². The monoisotopic (exact) mass is 416 g/mol. The zero-order valence-electron chi connectivity index (χ0n) is 14.8. The average Bonchev–Trinajstić information content (AvgIpc) is 3.34. The number of rotatable bonds is 7. The highest BCUT2D eigenvalue weighted by Crippen LogP contribution is 2.32. The van der Waals surface area contributed by atoms with Gasteiger partial charge in [-0.25, -0.2) is 9.37 Å². The van der Waals surface area contributed by atoms with Crippen LogP contribution < -0.4 is 14.8 Å². The molecule has 0 bridgehead atoms. The molecule has 0 atom stereocenters. The van der Waals surface area contributed by atoms with Crippen molar-refractivity contribution in [2.45, 2.75) is 23.1 Å². The fraction of sp³-hybridized carbons (Fsp3) is 0.200. The standard InChI is InChI=1S/C20H17FN2O3S2/c21-15-4-1-13(2-5-15)10-27-20-23-16(11-28-20)8-19(24)22-9-14-3-6-17-18(7-14)26-12-25-17/h1-7,11H,8-10,12H2,(H,22,24). The van der Waals surface area contributed by atoms with Gasteiger partial charge in [-0.1, -0.05) is 30.0 Å². The molecule has 4 rings (SSSR count). The quantitative estimate of drug-likeness (QED) is 0.586. The maximum absolute atomic E-state index is 12.9. The molecule has 5 nitrogen and oxygen atoms in total. The third-order valence-electron chi connectivity index (χ3n) is 4.07. The molecule has 144 valence electrons. The minimum atomic E-state index is -0.239. The number of hydrogen-bond donors (Lipinski definition) is 1. The van der Waals surface area contributed by atoms with Crippen molar-refractivity contribution < 1.29 is 18.7 Å². The Bertz CT molecular complexity index is 976. The van der Waals surface area contributed by atoms with Crippen LogP contribution in [0.25, 0.3) is 0 Å². The molecule has 0 saturated heterocycles. The Morgan fingerprint density at radius 3 is 2.79 bits per heavy atom. The number of thiazole rings is 1. The van der Waals surface area contributed by atoms with Crippen molar-refractivity contribution in [2.75, 3.05) is 6.79 Å². The zero-order valence-corrected chi connectivity index (χ0v) is 16.4. The number of thioether (sulfide) groups is 1. The van der Waals surface area contributed by atoms with Gasteiger partial charge in [0.1, 0.15) is 10.2 Å². The van der Waals surface area contributed by atoms with Gasteiger partial charge >= 0.3 is 0 Å². The van der Waals surface area contributed by atoms with E-state index in [0.717, 1.165) is 26.9 Å². The van der Waals surface area contributed by atoms with E-state index in [2.05, 4.69) is 10.3 Å². The predicted molar refractivity (Wildman–Crippen MR) is 106 cm³/mol. The summed E-state index contributed by atoms with van der Waals surface area (Å²) in [4.78, 5) is 16.7. The lowest BCUT2D eigenvalue weighted by Crippen LogP contribution is -2.24. The molecule has 0 unspecified atom stereocenters. The molecule has 2 aromatic carbocycles. The van der Waals surface area contributed by atoms with E-state index < -0.39 is 0 Å². The van der Waals surface area contributed by atoms with Gasteiger partial charge in [0.25, 0.3) is 0 Å². The molecule has 2 heterocycles. The highest BCUT2D eigenvalue weighted by Gasteiger charge is 2.14. The zero-order chi connectivity index (χ0) is 19.3. The molecule has 28 heavy (non-hydrogen) atoms. The Hall–Kier alpha value is -2.58. The number of aromatic nitrogens is 1. The fourth-order valence-electron chi connectivity index (χ4n) is 2.64. The third-order valence-corrected chi connectivity index (χ3v) is 6.22. The number of hydrogen-bond acceptors (Lipinski definition) is 6. The van der Waals surface area contributed by atoms with Crippen molar-refractivity contribution in [1.29, 1.82) is 0 Å². The lowest BCUT2D eigenvalue weighted by Gasteiger charge is -2.05. The third kappa shape index (κ3) is 4.82. The first-order valence-electron chi connectivity index (χ1n) is 8.62. The van der Waals surface area contributed by atoms with E-state index in [1.165, 1.54) is 23.5 Å². The topological polar surface area (TPSA) is 60.5 Å². The van der Waals surface area contributed by atoms with Crippen molar-refractivity contribution in [2.24, 2.45) is 0 Å². The fourth-order valence-corrected chi connectivity index (χ4v) is 4.44. The van der Waals surface area contributed by atoms with Gasteiger partial charge in [-0.2, -0.15) is 0 Å². The van der Waals surface area contributed by atoms with E-state index in [0.29, 0.717) is 18.0 Å².